The molecule has 41 heavy (non-hydrogen) atoms. The third-order valence-electron chi connectivity index (χ3n) is 6.97. The number of hydrogen-bond acceptors (Lipinski definition) is 9. The van der Waals surface area contributed by atoms with Crippen LogP contribution in [0.15, 0.2) is 76.1 Å². The smallest absolute Gasteiger partial charge is 0.439 e. The maximum absolute atomic E-state index is 14.0. The molecule has 1 amide bonds. The van der Waals surface area contributed by atoms with Gasteiger partial charge in [-0.1, -0.05) is 62.7 Å². The lowest BCUT2D eigenvalue weighted by Crippen LogP contribution is -2.57. The van der Waals surface area contributed by atoms with E-state index in [9.17, 15) is 9.59 Å². The minimum Gasteiger partial charge on any atom is -0.494 e. The highest BCUT2D eigenvalue weighted by Gasteiger charge is 2.38. The molecule has 5 rings (SSSR count). The van der Waals surface area contributed by atoms with Crippen LogP contribution >= 0.6 is 0 Å². The lowest BCUT2D eigenvalue weighted by Gasteiger charge is -2.44. The average molecular weight is 556 g/mol. The number of carbonyl (C=O) groups is 1. The summed E-state index contributed by atoms with van der Waals surface area (Å²) in [5, 5.41) is 3.82. The monoisotopic (exact) mass is 555 g/mol. The Morgan fingerprint density at radius 1 is 1.02 bits per heavy atom. The number of methoxy groups -OCH3 is 1. The molecule has 1 atom stereocenters. The summed E-state index contributed by atoms with van der Waals surface area (Å²) in [6, 6.07) is 11.4. The van der Waals surface area contributed by atoms with Crippen molar-refractivity contribution in [1.29, 1.82) is 0 Å². The first-order chi connectivity index (χ1) is 19.9. The topological polar surface area (TPSA) is 130 Å². The number of nitrogens with one attached hydrogen (secondary N) is 1. The second-order valence-electron chi connectivity index (χ2n) is 10.2. The van der Waals surface area contributed by atoms with Crippen molar-refractivity contribution in [3.8, 4) is 28.4 Å². The zero-order valence-electron chi connectivity index (χ0n) is 23.6. The molecular weight excluding hydrogens is 522 g/mol. The van der Waals surface area contributed by atoms with Crippen LogP contribution in [0.1, 0.15) is 39.2 Å². The summed E-state index contributed by atoms with van der Waals surface area (Å²) in [5.41, 5.74) is 3.72. The van der Waals surface area contributed by atoms with Gasteiger partial charge in [0.2, 0.25) is 5.95 Å². The van der Waals surface area contributed by atoms with Crippen LogP contribution in [0, 0.1) is 5.92 Å². The van der Waals surface area contributed by atoms with Crippen LogP contribution < -0.4 is 15.4 Å². The van der Waals surface area contributed by atoms with E-state index in [1.165, 1.54) is 0 Å². The molecule has 11 nitrogen and oxygen atoms in total. The number of amides is 1. The van der Waals surface area contributed by atoms with Gasteiger partial charge >= 0.3 is 5.76 Å². The maximum atomic E-state index is 14.0. The van der Waals surface area contributed by atoms with Crippen LogP contribution in [-0.4, -0.2) is 55.7 Å². The zero-order valence-corrected chi connectivity index (χ0v) is 23.6. The second-order valence-corrected chi connectivity index (χ2v) is 10.2. The second kappa shape index (κ2) is 12.2. The van der Waals surface area contributed by atoms with Crippen LogP contribution in [0.25, 0.3) is 22.6 Å². The van der Waals surface area contributed by atoms with Gasteiger partial charge in [-0.2, -0.15) is 0 Å². The van der Waals surface area contributed by atoms with Crippen molar-refractivity contribution < 1.29 is 14.1 Å². The molecule has 1 aromatic carbocycles. The number of H-pyrrole nitrogens is 1. The summed E-state index contributed by atoms with van der Waals surface area (Å²) in [6.45, 7) is 7.16. The summed E-state index contributed by atoms with van der Waals surface area (Å²) >= 11 is 0. The average Bonchev–Trinajstić information content (AvgIpc) is 3.43. The van der Waals surface area contributed by atoms with Gasteiger partial charge in [-0.15, -0.1) is 0 Å². The van der Waals surface area contributed by atoms with Crippen molar-refractivity contribution in [3.63, 3.8) is 0 Å². The molecule has 0 bridgehead atoms. The highest BCUT2D eigenvalue weighted by atomic mass is 16.5. The Bertz CT molecular complexity index is 1580. The van der Waals surface area contributed by atoms with Gasteiger partial charge in [0.1, 0.15) is 6.17 Å². The third-order valence-corrected chi connectivity index (χ3v) is 6.97. The van der Waals surface area contributed by atoms with E-state index in [2.05, 4.69) is 55.3 Å². The molecule has 0 aliphatic carbocycles. The fourth-order valence-corrected chi connectivity index (χ4v) is 5.01. The Labute approximate surface area is 237 Å². The third kappa shape index (κ3) is 5.88. The normalized spacial score (nSPS) is 15.4. The van der Waals surface area contributed by atoms with Crippen LogP contribution in [-0.2, 0) is 11.2 Å². The highest BCUT2D eigenvalue weighted by molar-refractivity contribution is 6.06. The van der Waals surface area contributed by atoms with Crippen LogP contribution in [0.2, 0.25) is 0 Å². The largest absolute Gasteiger partial charge is 0.494 e. The predicted molar refractivity (Wildman–Crippen MR) is 154 cm³/mol. The summed E-state index contributed by atoms with van der Waals surface area (Å²) in [4.78, 5) is 45.6. The van der Waals surface area contributed by atoms with E-state index in [1.807, 2.05) is 42.6 Å². The van der Waals surface area contributed by atoms with Crippen molar-refractivity contribution in [2.24, 2.45) is 5.92 Å². The molecule has 4 heterocycles. The van der Waals surface area contributed by atoms with Crippen LogP contribution in [0.3, 0.4) is 0 Å². The molecular formula is C30H33N7O4. The van der Waals surface area contributed by atoms with Gasteiger partial charge in [0, 0.05) is 42.1 Å². The first kappa shape index (κ1) is 27.8. The van der Waals surface area contributed by atoms with Gasteiger partial charge in [0.25, 0.3) is 5.91 Å². The van der Waals surface area contributed by atoms with Gasteiger partial charge in [-0.25, -0.2) is 14.8 Å². The molecule has 0 fully saturated rings. The van der Waals surface area contributed by atoms with Crippen molar-refractivity contribution in [2.75, 3.05) is 18.6 Å². The zero-order chi connectivity index (χ0) is 28.9. The van der Waals surface area contributed by atoms with Gasteiger partial charge in [-0.3, -0.25) is 24.2 Å². The number of benzene rings is 1. The summed E-state index contributed by atoms with van der Waals surface area (Å²) < 4.78 is 9.91. The van der Waals surface area contributed by atoms with E-state index in [0.29, 0.717) is 40.8 Å². The Morgan fingerprint density at radius 2 is 1.78 bits per heavy atom. The van der Waals surface area contributed by atoms with Gasteiger partial charge in [0.15, 0.2) is 11.6 Å². The van der Waals surface area contributed by atoms with E-state index >= 15 is 0 Å². The molecule has 1 aliphatic heterocycles. The summed E-state index contributed by atoms with van der Waals surface area (Å²) in [5.74, 6) is 0.594. The van der Waals surface area contributed by atoms with Crippen molar-refractivity contribution in [3.05, 3.63) is 82.9 Å². The number of carbonyl (C=O) groups excluding carboxylic acids is 1. The number of unbranched alkanes of at least 4 members (excludes halogenated alkanes) is 1. The molecule has 1 unspecified atom stereocenters. The fourth-order valence-electron chi connectivity index (χ4n) is 5.01. The number of rotatable bonds is 10. The maximum Gasteiger partial charge on any atom is 0.439 e. The van der Waals surface area contributed by atoms with Crippen LogP contribution in [0.4, 0.5) is 5.95 Å². The highest BCUT2D eigenvalue weighted by Crippen LogP contribution is 2.31. The number of ether oxygens (including phenoxy) is 1. The molecule has 1 aliphatic rings. The minimum atomic E-state index is -0.620. The van der Waals surface area contributed by atoms with Gasteiger partial charge in [0.05, 0.1) is 25.2 Å². The van der Waals surface area contributed by atoms with E-state index in [4.69, 9.17) is 4.74 Å². The van der Waals surface area contributed by atoms with Crippen molar-refractivity contribution >= 4 is 11.9 Å². The summed E-state index contributed by atoms with van der Waals surface area (Å²) in [6.07, 6.45) is 9.12. The Balaban J connectivity index is 1.45. The van der Waals surface area contributed by atoms with E-state index < -0.39 is 5.76 Å². The molecule has 0 saturated carbocycles. The van der Waals surface area contributed by atoms with E-state index in [1.54, 1.807) is 30.6 Å². The SMILES string of the molecule is CCCCN1C=C(Cc2ccc(-c3ccccc3-c3noc(=O)[nH]3)nc2)C(=O)N(c2ncc(OC)cn2)C1C(C)C. The van der Waals surface area contributed by atoms with E-state index in [-0.39, 0.29) is 18.0 Å². The molecule has 3 aromatic heterocycles. The fraction of sp³-hybridized carbons (Fsp3) is 0.333. The first-order valence-corrected chi connectivity index (χ1v) is 13.7. The predicted octanol–water partition coefficient (Wildman–Crippen LogP) is 4.45. The molecule has 1 N–H and O–H groups in total. The number of anilines is 1. The van der Waals surface area contributed by atoms with Crippen molar-refractivity contribution in [1.82, 2.24) is 30.0 Å². The molecule has 11 heteroatoms. The number of hydrogen-bond donors (Lipinski definition) is 1. The molecule has 0 saturated heterocycles. The van der Waals surface area contributed by atoms with E-state index in [0.717, 1.165) is 30.5 Å². The lowest BCUT2D eigenvalue weighted by molar-refractivity contribution is -0.117. The molecule has 4 aromatic rings. The Kier molecular flexibility index (Phi) is 8.23. The molecule has 0 spiro atoms. The quantitative estimate of drug-likeness (QED) is 0.302. The Hall–Kier alpha value is -4.80. The summed E-state index contributed by atoms with van der Waals surface area (Å²) in [7, 11) is 1.56. The van der Waals surface area contributed by atoms with Crippen LogP contribution in [0.5, 0.6) is 5.75 Å². The van der Waals surface area contributed by atoms with Gasteiger partial charge < -0.3 is 9.64 Å². The Morgan fingerprint density at radius 3 is 2.39 bits per heavy atom. The standard InChI is InChI=1S/C30H33N7O4/c1-5-6-13-36-18-21(28(38)37(27(36)19(2)3)29-32-16-22(40-4)17-33-29)14-20-11-12-25(31-15-20)23-9-7-8-10-24(23)26-34-30(39)41-35-26/h7-12,15-19,27H,5-6,13-14H2,1-4H3,(H,34,35,39). The van der Waals surface area contributed by atoms with Crippen molar-refractivity contribution in [2.45, 2.75) is 46.2 Å². The number of pyridine rings is 1. The van der Waals surface area contributed by atoms with Gasteiger partial charge in [-0.05, 0) is 24.0 Å². The first-order valence-electron chi connectivity index (χ1n) is 13.7. The molecule has 212 valence electrons. The number of aromatic amines is 1. The number of nitrogens with zero attached hydrogens (tertiary/aromatic N) is 6. The number of aromatic nitrogens is 5. The molecule has 0 radical (unpaired) electrons. The minimum absolute atomic E-state index is 0.133. The lowest BCUT2D eigenvalue weighted by atomic mass is 9.98.